The molecule has 4 aromatic rings. The Morgan fingerprint density at radius 2 is 1.06 bits per heavy atom. The van der Waals surface area contributed by atoms with E-state index in [2.05, 4.69) is 62.7 Å². The topological polar surface area (TPSA) is 51.6 Å². The van der Waals surface area contributed by atoms with E-state index in [1.807, 2.05) is 0 Å². The molecule has 0 spiro atoms. The van der Waals surface area contributed by atoms with Crippen molar-refractivity contribution in [2.24, 2.45) is 22.7 Å². The van der Waals surface area contributed by atoms with Crippen LogP contribution in [0.1, 0.15) is 74.9 Å². The van der Waals surface area contributed by atoms with E-state index in [0.29, 0.717) is 22.7 Å². The van der Waals surface area contributed by atoms with Crippen molar-refractivity contribution in [2.75, 3.05) is 0 Å². The Morgan fingerprint density at radius 1 is 0.611 bits per heavy atom. The highest BCUT2D eigenvalue weighted by Gasteiger charge is 2.53. The first-order chi connectivity index (χ1) is 17.3. The number of hydrogen-bond acceptors (Lipinski definition) is 6. The summed E-state index contributed by atoms with van der Waals surface area (Å²) in [6.45, 7) is 9.67. The number of rotatable bonds is 3. The second kappa shape index (κ2) is 7.11. The molecule has 0 radical (unpaired) electrons. The summed E-state index contributed by atoms with van der Waals surface area (Å²) in [7, 11) is 0. The Kier molecular flexibility index (Phi) is 4.27. The molecule has 10 rings (SSSR count). The van der Waals surface area contributed by atoms with Crippen molar-refractivity contribution in [1.29, 1.82) is 0 Å². The molecular formula is C30H30N4S2. The molecule has 182 valence electrons. The Bertz CT molecular complexity index is 1430. The summed E-state index contributed by atoms with van der Waals surface area (Å²) in [5.74, 6) is 2.88. The first-order valence-corrected chi connectivity index (χ1v) is 15.0. The van der Waals surface area contributed by atoms with Gasteiger partial charge in [-0.05, 0) is 83.4 Å². The lowest BCUT2D eigenvalue weighted by Gasteiger charge is -2.56. The molecule has 4 aromatic heterocycles. The minimum atomic E-state index is 0.427. The van der Waals surface area contributed by atoms with Gasteiger partial charge in [0.2, 0.25) is 0 Å². The monoisotopic (exact) mass is 510 g/mol. The van der Waals surface area contributed by atoms with E-state index in [1.54, 1.807) is 22.7 Å². The van der Waals surface area contributed by atoms with E-state index in [0.717, 1.165) is 57.5 Å². The summed E-state index contributed by atoms with van der Waals surface area (Å²) < 4.78 is 0. The summed E-state index contributed by atoms with van der Waals surface area (Å²) in [5, 5.41) is 6.20. The molecule has 0 saturated heterocycles. The summed E-state index contributed by atoms with van der Waals surface area (Å²) in [6.07, 6.45) is 4.86. The maximum absolute atomic E-state index is 5.07. The van der Waals surface area contributed by atoms with Crippen LogP contribution in [-0.4, -0.2) is 19.9 Å². The van der Waals surface area contributed by atoms with Gasteiger partial charge in [0.15, 0.2) is 0 Å². The number of aromatic nitrogens is 4. The fourth-order valence-corrected chi connectivity index (χ4v) is 9.05. The Hall–Kier alpha value is -2.44. The molecule has 0 unspecified atom stereocenters. The van der Waals surface area contributed by atoms with Gasteiger partial charge in [0.1, 0.15) is 21.4 Å². The molecule has 4 bridgehead atoms. The SMILES string of the molecule is CC1(C)[C@H]2Cc3nc(-c4nc(-c5csc(-c6ccc7c(n6)C[C@H]6C[C@@H]7C6(C)C)n5)cs4)ccc3[C@@H]1C2. The lowest BCUT2D eigenvalue weighted by molar-refractivity contribution is 0.0170. The van der Waals surface area contributed by atoms with Crippen LogP contribution in [0.2, 0.25) is 0 Å². The van der Waals surface area contributed by atoms with Crippen LogP contribution in [0.15, 0.2) is 35.0 Å². The third kappa shape index (κ3) is 2.86. The second-order valence-electron chi connectivity index (χ2n) is 12.6. The van der Waals surface area contributed by atoms with Gasteiger partial charge in [0, 0.05) is 22.1 Å². The van der Waals surface area contributed by atoms with Crippen molar-refractivity contribution in [3.63, 3.8) is 0 Å². The summed E-state index contributed by atoms with van der Waals surface area (Å²) in [6, 6.07) is 8.97. The molecule has 6 heteroatoms. The molecule has 0 aromatic carbocycles. The largest absolute Gasteiger partial charge is 0.250 e. The molecule has 6 aliphatic carbocycles. The van der Waals surface area contributed by atoms with Crippen LogP contribution in [0.5, 0.6) is 0 Å². The second-order valence-corrected chi connectivity index (χ2v) is 14.3. The lowest BCUT2D eigenvalue weighted by Crippen LogP contribution is -2.48. The standard InChI is InChI=1S/C30H30N4S2/c1-29(2)15-9-19(29)17-5-7-21(31-23(17)11-15)27-33-25(13-35-27)26-14-36-28(34-26)22-8-6-18-20-10-16(30(20,3)4)12-24(18)32-22/h5-8,13-16,19-20H,9-12H2,1-4H3/t15-,16-,19+,20+/m1/s1. The predicted octanol–water partition coefficient (Wildman–Crippen LogP) is 7.76. The first kappa shape index (κ1) is 21.6. The van der Waals surface area contributed by atoms with E-state index < -0.39 is 0 Å². The number of hydrogen-bond donors (Lipinski definition) is 0. The molecule has 0 aliphatic heterocycles. The third-order valence-electron chi connectivity index (χ3n) is 10.3. The van der Waals surface area contributed by atoms with Crippen LogP contribution in [0, 0.1) is 22.7 Å². The number of pyridine rings is 2. The summed E-state index contributed by atoms with van der Waals surface area (Å²) in [5.41, 5.74) is 10.2. The van der Waals surface area contributed by atoms with Gasteiger partial charge in [-0.3, -0.25) is 0 Å². The molecule has 2 fully saturated rings. The van der Waals surface area contributed by atoms with Crippen LogP contribution in [0.3, 0.4) is 0 Å². The average molecular weight is 511 g/mol. The van der Waals surface area contributed by atoms with Crippen molar-refractivity contribution in [2.45, 2.75) is 65.2 Å². The molecule has 0 N–H and O–H groups in total. The van der Waals surface area contributed by atoms with Crippen molar-refractivity contribution < 1.29 is 0 Å². The molecule has 0 amide bonds. The zero-order chi connectivity index (χ0) is 24.4. The van der Waals surface area contributed by atoms with Crippen LogP contribution in [0.25, 0.3) is 32.8 Å². The molecular weight excluding hydrogens is 480 g/mol. The van der Waals surface area contributed by atoms with E-state index in [4.69, 9.17) is 19.9 Å². The Balaban J connectivity index is 1.06. The van der Waals surface area contributed by atoms with E-state index in [-0.39, 0.29) is 0 Å². The Labute approximate surface area is 220 Å². The maximum atomic E-state index is 5.07. The van der Waals surface area contributed by atoms with Crippen molar-refractivity contribution in [3.05, 3.63) is 57.5 Å². The van der Waals surface area contributed by atoms with Crippen LogP contribution in [0.4, 0.5) is 0 Å². The quantitative estimate of drug-likeness (QED) is 0.283. The smallest absolute Gasteiger partial charge is 0.142 e. The molecule has 6 aliphatic rings. The van der Waals surface area contributed by atoms with Crippen molar-refractivity contribution >= 4 is 22.7 Å². The van der Waals surface area contributed by atoms with Crippen LogP contribution in [-0.2, 0) is 12.8 Å². The van der Waals surface area contributed by atoms with Crippen molar-refractivity contribution in [3.8, 4) is 32.8 Å². The van der Waals surface area contributed by atoms with Gasteiger partial charge in [-0.2, -0.15) is 0 Å². The number of nitrogens with zero attached hydrogens (tertiary/aromatic N) is 4. The Morgan fingerprint density at radius 3 is 1.47 bits per heavy atom. The van der Waals surface area contributed by atoms with Gasteiger partial charge in [-0.25, -0.2) is 19.9 Å². The normalized spacial score (nSPS) is 28.0. The molecule has 4 heterocycles. The average Bonchev–Trinajstić information content (AvgIpc) is 3.57. The van der Waals surface area contributed by atoms with Gasteiger partial charge < -0.3 is 0 Å². The molecule has 36 heavy (non-hydrogen) atoms. The summed E-state index contributed by atoms with van der Waals surface area (Å²) in [4.78, 5) is 20.0. The fraction of sp³-hybridized carbons (Fsp3) is 0.467. The predicted molar refractivity (Wildman–Crippen MR) is 146 cm³/mol. The maximum Gasteiger partial charge on any atom is 0.142 e. The molecule has 2 saturated carbocycles. The van der Waals surface area contributed by atoms with Gasteiger partial charge >= 0.3 is 0 Å². The van der Waals surface area contributed by atoms with Gasteiger partial charge in [0.25, 0.3) is 0 Å². The van der Waals surface area contributed by atoms with Crippen molar-refractivity contribution in [1.82, 2.24) is 19.9 Å². The number of thiazole rings is 2. The molecule has 4 atom stereocenters. The minimum Gasteiger partial charge on any atom is -0.250 e. The highest BCUT2D eigenvalue weighted by Crippen LogP contribution is 2.62. The van der Waals surface area contributed by atoms with E-state index in [1.165, 1.54) is 35.4 Å². The highest BCUT2D eigenvalue weighted by molar-refractivity contribution is 7.14. The third-order valence-corrected chi connectivity index (χ3v) is 12.0. The zero-order valence-corrected chi connectivity index (χ0v) is 22.8. The highest BCUT2D eigenvalue weighted by atomic mass is 32.1. The van der Waals surface area contributed by atoms with Crippen LogP contribution < -0.4 is 0 Å². The lowest BCUT2D eigenvalue weighted by atomic mass is 9.48. The van der Waals surface area contributed by atoms with Crippen LogP contribution >= 0.6 is 22.7 Å². The fourth-order valence-electron chi connectivity index (χ4n) is 7.49. The van der Waals surface area contributed by atoms with Gasteiger partial charge in [-0.1, -0.05) is 39.8 Å². The first-order valence-electron chi connectivity index (χ1n) is 13.2. The zero-order valence-electron chi connectivity index (χ0n) is 21.2. The summed E-state index contributed by atoms with van der Waals surface area (Å²) >= 11 is 3.33. The molecule has 4 nitrogen and oxygen atoms in total. The van der Waals surface area contributed by atoms with E-state index in [9.17, 15) is 0 Å². The minimum absolute atomic E-state index is 0.427. The van der Waals surface area contributed by atoms with E-state index >= 15 is 0 Å². The van der Waals surface area contributed by atoms with Gasteiger partial charge in [0.05, 0.1) is 11.4 Å². The van der Waals surface area contributed by atoms with Gasteiger partial charge in [-0.15, -0.1) is 22.7 Å².